The average Bonchev–Trinajstić information content (AvgIpc) is 2.82. The van der Waals surface area contributed by atoms with Crippen LogP contribution in [0.15, 0.2) is 84.9 Å². The third kappa shape index (κ3) is 3.76. The highest BCUT2D eigenvalue weighted by atomic mass is 15.1. The molecular weight excluding hydrogens is 392 g/mol. The molecule has 0 saturated heterocycles. The SMILES string of the molecule is CN(C)c1c(C(=N)c2ccccc2)ccc2ccc(C(=N)c3ccccc3)c(N(C)C)c12. The van der Waals surface area contributed by atoms with E-state index in [-0.39, 0.29) is 0 Å². The molecule has 2 N–H and O–H groups in total. The minimum Gasteiger partial charge on any atom is -0.377 e. The lowest BCUT2D eigenvalue weighted by Gasteiger charge is -2.27. The van der Waals surface area contributed by atoms with E-state index in [1.54, 1.807) is 0 Å². The molecule has 0 aromatic heterocycles. The second-order valence-electron chi connectivity index (χ2n) is 8.29. The van der Waals surface area contributed by atoms with Crippen LogP contribution >= 0.6 is 0 Å². The van der Waals surface area contributed by atoms with Crippen molar-refractivity contribution >= 4 is 33.6 Å². The molecule has 0 aliphatic rings. The monoisotopic (exact) mass is 420 g/mol. The molecule has 160 valence electrons. The Kier molecular flexibility index (Phi) is 5.78. The Morgan fingerprint density at radius 3 is 1.25 bits per heavy atom. The summed E-state index contributed by atoms with van der Waals surface area (Å²) in [7, 11) is 8.08. The molecule has 4 nitrogen and oxygen atoms in total. The fraction of sp³-hybridized carbons (Fsp3) is 0.143. The summed E-state index contributed by atoms with van der Waals surface area (Å²) in [6, 6.07) is 27.9. The zero-order chi connectivity index (χ0) is 22.8. The third-order valence-corrected chi connectivity index (χ3v) is 5.69. The lowest BCUT2D eigenvalue weighted by molar-refractivity contribution is 1.12. The number of nitrogens with zero attached hydrogens (tertiary/aromatic N) is 2. The van der Waals surface area contributed by atoms with Gasteiger partial charge < -0.3 is 9.80 Å². The molecule has 0 spiro atoms. The first kappa shape index (κ1) is 21.3. The summed E-state index contributed by atoms with van der Waals surface area (Å²) in [6.07, 6.45) is 0. The molecule has 4 aromatic carbocycles. The van der Waals surface area contributed by atoms with Crippen molar-refractivity contribution < 1.29 is 0 Å². The molecule has 4 aromatic rings. The maximum Gasteiger partial charge on any atom is 0.0705 e. The minimum absolute atomic E-state index is 0.490. The van der Waals surface area contributed by atoms with Crippen LogP contribution in [0.4, 0.5) is 11.4 Å². The normalized spacial score (nSPS) is 10.8. The van der Waals surface area contributed by atoms with Gasteiger partial charge in [0.2, 0.25) is 0 Å². The van der Waals surface area contributed by atoms with Crippen molar-refractivity contribution in [2.24, 2.45) is 0 Å². The van der Waals surface area contributed by atoms with Crippen LogP contribution in [0.2, 0.25) is 0 Å². The summed E-state index contributed by atoms with van der Waals surface area (Å²) in [5, 5.41) is 20.0. The van der Waals surface area contributed by atoms with E-state index >= 15 is 0 Å². The van der Waals surface area contributed by atoms with Crippen LogP contribution < -0.4 is 9.80 Å². The van der Waals surface area contributed by atoms with E-state index in [4.69, 9.17) is 10.8 Å². The van der Waals surface area contributed by atoms with E-state index in [1.807, 2.05) is 101 Å². The Morgan fingerprint density at radius 2 is 0.906 bits per heavy atom. The van der Waals surface area contributed by atoms with Crippen molar-refractivity contribution in [1.29, 1.82) is 10.8 Å². The first-order chi connectivity index (χ1) is 15.4. The number of hydrogen-bond donors (Lipinski definition) is 2. The molecule has 0 unspecified atom stereocenters. The largest absolute Gasteiger partial charge is 0.377 e. The summed E-state index contributed by atoms with van der Waals surface area (Å²) >= 11 is 0. The quantitative estimate of drug-likeness (QED) is 0.387. The van der Waals surface area contributed by atoms with Crippen LogP contribution in [0.1, 0.15) is 22.3 Å². The zero-order valence-electron chi connectivity index (χ0n) is 19.0. The van der Waals surface area contributed by atoms with Crippen LogP contribution in [0.25, 0.3) is 10.8 Å². The highest BCUT2D eigenvalue weighted by molar-refractivity contribution is 6.23. The third-order valence-electron chi connectivity index (χ3n) is 5.69. The summed E-state index contributed by atoms with van der Waals surface area (Å²) in [6.45, 7) is 0. The zero-order valence-corrected chi connectivity index (χ0v) is 19.0. The van der Waals surface area contributed by atoms with Gasteiger partial charge in [-0.1, -0.05) is 84.9 Å². The summed E-state index contributed by atoms with van der Waals surface area (Å²) in [4.78, 5) is 4.16. The van der Waals surface area contributed by atoms with Gasteiger partial charge in [0.05, 0.1) is 22.8 Å². The summed E-state index contributed by atoms with van der Waals surface area (Å²) in [5.74, 6) is 0. The molecule has 0 bridgehead atoms. The van der Waals surface area contributed by atoms with E-state index in [2.05, 4.69) is 21.9 Å². The van der Waals surface area contributed by atoms with Crippen LogP contribution in [0.3, 0.4) is 0 Å². The van der Waals surface area contributed by atoms with Crippen molar-refractivity contribution in [2.75, 3.05) is 38.0 Å². The van der Waals surface area contributed by atoms with Crippen LogP contribution in [0, 0.1) is 10.8 Å². The molecule has 0 atom stereocenters. The van der Waals surface area contributed by atoms with E-state index in [0.717, 1.165) is 44.4 Å². The van der Waals surface area contributed by atoms with Gasteiger partial charge in [-0.15, -0.1) is 0 Å². The Morgan fingerprint density at radius 1 is 0.531 bits per heavy atom. The van der Waals surface area contributed by atoms with Crippen molar-refractivity contribution in [3.8, 4) is 0 Å². The van der Waals surface area contributed by atoms with Gasteiger partial charge in [0.15, 0.2) is 0 Å². The van der Waals surface area contributed by atoms with Gasteiger partial charge in [-0.05, 0) is 5.39 Å². The fourth-order valence-corrected chi connectivity index (χ4v) is 4.23. The summed E-state index contributed by atoms with van der Waals surface area (Å²) in [5.41, 5.74) is 6.48. The molecule has 0 saturated carbocycles. The Hall–Kier alpha value is -3.92. The number of hydrogen-bond acceptors (Lipinski definition) is 4. The predicted molar refractivity (Wildman–Crippen MR) is 137 cm³/mol. The molecule has 4 rings (SSSR count). The Bertz CT molecular complexity index is 1190. The van der Waals surface area contributed by atoms with Crippen LogP contribution in [-0.2, 0) is 0 Å². The standard InChI is InChI=1S/C28H28N4/c1-31(2)27-22(25(29)20-11-7-5-8-12-20)17-15-19-16-18-23(28(24(19)27)32(3)4)26(30)21-13-9-6-10-14-21/h5-18,29-30H,1-4H3. The predicted octanol–water partition coefficient (Wildman–Crippen LogP) is 5.80. The summed E-state index contributed by atoms with van der Waals surface area (Å²) < 4.78 is 0. The van der Waals surface area contributed by atoms with Crippen molar-refractivity contribution in [1.82, 2.24) is 0 Å². The number of anilines is 2. The number of fused-ring (bicyclic) bond motifs is 1. The van der Waals surface area contributed by atoms with Crippen LogP contribution in [0.5, 0.6) is 0 Å². The van der Waals surface area contributed by atoms with Crippen molar-refractivity contribution in [3.63, 3.8) is 0 Å². The highest BCUT2D eigenvalue weighted by Gasteiger charge is 2.22. The van der Waals surface area contributed by atoms with Crippen molar-refractivity contribution in [3.05, 3.63) is 107 Å². The molecule has 0 aliphatic carbocycles. The van der Waals surface area contributed by atoms with Gasteiger partial charge in [-0.3, -0.25) is 10.8 Å². The number of benzene rings is 4. The van der Waals surface area contributed by atoms with Gasteiger partial charge >= 0.3 is 0 Å². The molecule has 32 heavy (non-hydrogen) atoms. The van der Waals surface area contributed by atoms with Gasteiger partial charge in [-0.25, -0.2) is 0 Å². The Balaban J connectivity index is 2.02. The average molecular weight is 421 g/mol. The van der Waals surface area contributed by atoms with E-state index in [9.17, 15) is 0 Å². The molecule has 0 radical (unpaired) electrons. The highest BCUT2D eigenvalue weighted by Crippen LogP contribution is 2.40. The maximum absolute atomic E-state index is 8.95. The smallest absolute Gasteiger partial charge is 0.0705 e. The Labute approximate surface area is 189 Å². The minimum atomic E-state index is 0.490. The fourth-order valence-electron chi connectivity index (χ4n) is 4.23. The first-order valence-electron chi connectivity index (χ1n) is 10.6. The lowest BCUT2D eigenvalue weighted by atomic mass is 9.91. The first-order valence-corrected chi connectivity index (χ1v) is 10.6. The van der Waals surface area contributed by atoms with Gasteiger partial charge in [-0.2, -0.15) is 0 Å². The second kappa shape index (κ2) is 8.67. The van der Waals surface area contributed by atoms with Crippen molar-refractivity contribution in [2.45, 2.75) is 0 Å². The second-order valence-corrected chi connectivity index (χ2v) is 8.29. The maximum atomic E-state index is 8.95. The molecule has 4 heteroatoms. The number of rotatable bonds is 6. The van der Waals surface area contributed by atoms with E-state index in [0.29, 0.717) is 11.4 Å². The number of nitrogens with one attached hydrogen (secondary N) is 2. The van der Waals surface area contributed by atoms with Gasteiger partial charge in [0.25, 0.3) is 0 Å². The molecule has 0 amide bonds. The molecular formula is C28H28N4. The molecule has 0 fully saturated rings. The van der Waals surface area contributed by atoms with Gasteiger partial charge in [0.1, 0.15) is 0 Å². The van der Waals surface area contributed by atoms with Crippen LogP contribution in [-0.4, -0.2) is 39.6 Å². The topological polar surface area (TPSA) is 54.2 Å². The van der Waals surface area contributed by atoms with E-state index in [1.165, 1.54) is 0 Å². The van der Waals surface area contributed by atoms with E-state index < -0.39 is 0 Å². The molecule has 0 heterocycles. The lowest BCUT2D eigenvalue weighted by Crippen LogP contribution is -2.19. The molecule has 0 aliphatic heterocycles. The van der Waals surface area contributed by atoms with Gasteiger partial charge in [0, 0.05) is 55.8 Å².